The molecule has 0 spiro atoms. The molecule has 0 saturated carbocycles. The van der Waals surface area contributed by atoms with Crippen LogP contribution < -0.4 is 10.3 Å². The van der Waals surface area contributed by atoms with Crippen molar-refractivity contribution in [2.75, 3.05) is 9.93 Å². The molecule has 1 aromatic heterocycles. The number of anilines is 1. The lowest BCUT2D eigenvalue weighted by molar-refractivity contribution is 0.605. The zero-order chi connectivity index (χ0) is 11.5. The molecule has 0 unspecified atom stereocenters. The van der Waals surface area contributed by atoms with E-state index in [0.29, 0.717) is 12.2 Å². The van der Waals surface area contributed by atoms with Crippen LogP contribution >= 0.6 is 11.6 Å². The summed E-state index contributed by atoms with van der Waals surface area (Å²) in [5.41, 5.74) is 0.156. The molecule has 1 N–H and O–H groups in total. The quantitative estimate of drug-likeness (QED) is 0.804. The van der Waals surface area contributed by atoms with Gasteiger partial charge in [-0.2, -0.15) is 0 Å². The number of pyridine rings is 1. The first-order valence-corrected chi connectivity index (χ1v) is 6.44. The molecule has 0 bridgehead atoms. The normalized spacial score (nSPS) is 11.3. The molecule has 0 atom stereocenters. The molecule has 0 aliphatic rings. The van der Waals surface area contributed by atoms with Gasteiger partial charge in [0.2, 0.25) is 10.0 Å². The Morgan fingerprint density at radius 3 is 2.67 bits per heavy atom. The van der Waals surface area contributed by atoms with Crippen molar-refractivity contribution in [3.05, 3.63) is 28.7 Å². The molecular formula is C8H11ClN2O3S. The lowest BCUT2D eigenvalue weighted by Gasteiger charge is -2.07. The van der Waals surface area contributed by atoms with E-state index in [9.17, 15) is 13.2 Å². The van der Waals surface area contributed by atoms with Gasteiger partial charge in [-0.3, -0.25) is 9.52 Å². The Morgan fingerprint density at radius 2 is 2.13 bits per heavy atom. The van der Waals surface area contributed by atoms with Crippen molar-refractivity contribution in [3.8, 4) is 0 Å². The second-order valence-corrected chi connectivity index (χ2v) is 5.17. The Morgan fingerprint density at radius 1 is 1.47 bits per heavy atom. The molecule has 0 amide bonds. The summed E-state index contributed by atoms with van der Waals surface area (Å²) >= 11 is 5.23. The van der Waals surface area contributed by atoms with Gasteiger partial charge in [0.25, 0.3) is 5.56 Å². The summed E-state index contributed by atoms with van der Waals surface area (Å²) in [7, 11) is -3.51. The van der Waals surface area contributed by atoms with Crippen molar-refractivity contribution < 1.29 is 8.42 Å². The summed E-state index contributed by atoms with van der Waals surface area (Å²) in [6.07, 6.45) is 1.44. The van der Waals surface area contributed by atoms with Crippen molar-refractivity contribution in [2.45, 2.75) is 13.5 Å². The smallest absolute Gasteiger partial charge is 0.250 e. The molecule has 0 saturated heterocycles. The largest absolute Gasteiger partial charge is 0.314 e. The predicted molar refractivity (Wildman–Crippen MR) is 59.6 cm³/mol. The van der Waals surface area contributed by atoms with Gasteiger partial charge < -0.3 is 4.57 Å². The van der Waals surface area contributed by atoms with Gasteiger partial charge in [-0.25, -0.2) is 8.42 Å². The highest BCUT2D eigenvalue weighted by Gasteiger charge is 2.08. The minimum atomic E-state index is -3.51. The Kier molecular flexibility index (Phi) is 3.76. The van der Waals surface area contributed by atoms with Gasteiger partial charge in [0.15, 0.2) is 0 Å². The maximum Gasteiger partial charge on any atom is 0.250 e. The van der Waals surface area contributed by atoms with Gasteiger partial charge in [0, 0.05) is 18.8 Å². The number of rotatable bonds is 4. The highest BCUT2D eigenvalue weighted by Crippen LogP contribution is 2.07. The molecule has 5 nitrogen and oxygen atoms in total. The van der Waals surface area contributed by atoms with Crippen LogP contribution in [-0.4, -0.2) is 18.2 Å². The zero-order valence-electron chi connectivity index (χ0n) is 8.10. The minimum absolute atomic E-state index is 0.175. The average molecular weight is 251 g/mol. The molecule has 0 aromatic carbocycles. The molecule has 15 heavy (non-hydrogen) atoms. The van der Waals surface area contributed by atoms with E-state index in [1.165, 1.54) is 22.9 Å². The first-order valence-electron chi connectivity index (χ1n) is 4.25. The van der Waals surface area contributed by atoms with E-state index in [-0.39, 0.29) is 5.56 Å². The monoisotopic (exact) mass is 250 g/mol. The molecule has 1 rings (SSSR count). The van der Waals surface area contributed by atoms with Crippen LogP contribution in [0.4, 0.5) is 5.69 Å². The van der Waals surface area contributed by atoms with Crippen LogP contribution in [0.25, 0.3) is 0 Å². The molecule has 1 aromatic rings. The Balaban J connectivity index is 3.03. The molecule has 0 fully saturated rings. The summed E-state index contributed by atoms with van der Waals surface area (Å²) in [5.74, 6) is 0. The number of sulfonamides is 1. The number of aromatic nitrogens is 1. The summed E-state index contributed by atoms with van der Waals surface area (Å²) < 4.78 is 25.9. The summed E-state index contributed by atoms with van der Waals surface area (Å²) in [5, 5.41) is -0.516. The highest BCUT2D eigenvalue weighted by molar-refractivity contribution is 7.93. The van der Waals surface area contributed by atoms with Gasteiger partial charge >= 0.3 is 0 Å². The van der Waals surface area contributed by atoms with Gasteiger partial charge in [0.05, 0.1) is 5.69 Å². The molecule has 0 aliphatic carbocycles. The van der Waals surface area contributed by atoms with E-state index in [4.69, 9.17) is 11.6 Å². The number of nitrogens with one attached hydrogen (secondary N) is 1. The SMILES string of the molecule is CCn1cc(NS(=O)(=O)CCl)ccc1=O. The minimum Gasteiger partial charge on any atom is -0.314 e. The van der Waals surface area contributed by atoms with Crippen molar-refractivity contribution in [3.63, 3.8) is 0 Å². The van der Waals surface area contributed by atoms with Crippen LogP contribution in [0.3, 0.4) is 0 Å². The van der Waals surface area contributed by atoms with Crippen LogP contribution in [0.5, 0.6) is 0 Å². The molecule has 84 valence electrons. The van der Waals surface area contributed by atoms with Crippen LogP contribution in [0.1, 0.15) is 6.92 Å². The fraction of sp³-hybridized carbons (Fsp3) is 0.375. The topological polar surface area (TPSA) is 68.2 Å². The maximum atomic E-state index is 11.2. The van der Waals surface area contributed by atoms with Crippen LogP contribution in [-0.2, 0) is 16.6 Å². The summed E-state index contributed by atoms with van der Waals surface area (Å²) in [4.78, 5) is 11.2. The van der Waals surface area contributed by atoms with Gasteiger partial charge in [-0.1, -0.05) is 0 Å². The van der Waals surface area contributed by atoms with Crippen molar-refractivity contribution in [1.82, 2.24) is 4.57 Å². The molecule has 1 heterocycles. The van der Waals surface area contributed by atoms with E-state index in [2.05, 4.69) is 4.72 Å². The van der Waals surface area contributed by atoms with Gasteiger partial charge in [-0.05, 0) is 13.0 Å². The average Bonchev–Trinajstić information content (AvgIpc) is 2.20. The van der Waals surface area contributed by atoms with Crippen LogP contribution in [0, 0.1) is 0 Å². The van der Waals surface area contributed by atoms with Gasteiger partial charge in [0.1, 0.15) is 5.21 Å². The number of aryl methyl sites for hydroxylation is 1. The predicted octanol–water partition coefficient (Wildman–Crippen LogP) is 0.806. The molecule has 0 aliphatic heterocycles. The third-order valence-electron chi connectivity index (χ3n) is 1.74. The van der Waals surface area contributed by atoms with Crippen molar-refractivity contribution in [2.24, 2.45) is 0 Å². The fourth-order valence-corrected chi connectivity index (χ4v) is 1.74. The lowest BCUT2D eigenvalue weighted by atomic mass is 10.4. The number of hydrogen-bond acceptors (Lipinski definition) is 3. The van der Waals surface area contributed by atoms with E-state index in [1.54, 1.807) is 6.92 Å². The van der Waals surface area contributed by atoms with E-state index in [0.717, 1.165) is 0 Å². The molecule has 0 radical (unpaired) electrons. The summed E-state index contributed by atoms with van der Waals surface area (Å²) in [6, 6.07) is 2.70. The summed E-state index contributed by atoms with van der Waals surface area (Å²) in [6.45, 7) is 2.27. The second-order valence-electron chi connectivity index (χ2n) is 2.87. The Labute approximate surface area is 92.7 Å². The van der Waals surface area contributed by atoms with Crippen LogP contribution in [0.15, 0.2) is 23.1 Å². The maximum absolute atomic E-state index is 11.2. The molecule has 7 heteroatoms. The van der Waals surface area contributed by atoms with E-state index < -0.39 is 15.2 Å². The first-order chi connectivity index (χ1) is 6.98. The van der Waals surface area contributed by atoms with Gasteiger partial charge in [-0.15, -0.1) is 11.6 Å². The van der Waals surface area contributed by atoms with Crippen LogP contribution in [0.2, 0.25) is 0 Å². The number of nitrogens with zero attached hydrogens (tertiary/aromatic N) is 1. The zero-order valence-corrected chi connectivity index (χ0v) is 9.68. The number of alkyl halides is 1. The standard InChI is InChI=1S/C8H11ClN2O3S/c1-2-11-5-7(3-4-8(11)12)10-15(13,14)6-9/h3-5,10H,2,6H2,1H3. The molecular weight excluding hydrogens is 240 g/mol. The Hall–Kier alpha value is -1.01. The lowest BCUT2D eigenvalue weighted by Crippen LogP contribution is -2.20. The highest BCUT2D eigenvalue weighted by atomic mass is 35.5. The Bertz CT molecular complexity index is 495. The van der Waals surface area contributed by atoms with Crippen molar-refractivity contribution >= 4 is 27.3 Å². The third kappa shape index (κ3) is 3.24. The van der Waals surface area contributed by atoms with E-state index in [1.807, 2.05) is 0 Å². The number of hydrogen-bond donors (Lipinski definition) is 1. The van der Waals surface area contributed by atoms with E-state index >= 15 is 0 Å². The fourth-order valence-electron chi connectivity index (χ4n) is 1.05. The number of halogens is 1. The first kappa shape index (κ1) is 12.1. The van der Waals surface area contributed by atoms with Crippen molar-refractivity contribution in [1.29, 1.82) is 0 Å². The second kappa shape index (κ2) is 4.67. The third-order valence-corrected chi connectivity index (χ3v) is 3.44.